The van der Waals surface area contributed by atoms with Gasteiger partial charge in [-0.25, -0.2) is 8.42 Å². The highest BCUT2D eigenvalue weighted by molar-refractivity contribution is 7.91. The minimum atomic E-state index is -2.93. The summed E-state index contributed by atoms with van der Waals surface area (Å²) in [6.45, 7) is 2.14. The molecule has 2 heterocycles. The first-order chi connectivity index (χ1) is 8.02. The number of rotatable bonds is 3. The fourth-order valence-electron chi connectivity index (χ4n) is 2.56. The zero-order valence-corrected chi connectivity index (χ0v) is 13.2. The number of carbonyl (C=O) groups is 1. The molecule has 0 aromatic heterocycles. The van der Waals surface area contributed by atoms with Crippen LogP contribution in [-0.4, -0.2) is 69.6 Å². The maximum Gasteiger partial charge on any atom is 0.306 e. The fraction of sp³-hybridized carbons (Fsp3) is 0.900. The van der Waals surface area contributed by atoms with Crippen molar-refractivity contribution >= 4 is 40.6 Å². The van der Waals surface area contributed by atoms with Gasteiger partial charge in [-0.15, -0.1) is 24.8 Å². The summed E-state index contributed by atoms with van der Waals surface area (Å²) in [6.07, 6.45) is 0.319. The Morgan fingerprint density at radius 3 is 2.68 bits per heavy atom. The van der Waals surface area contributed by atoms with Crippen molar-refractivity contribution in [3.05, 3.63) is 0 Å². The third-order valence-corrected chi connectivity index (χ3v) is 5.14. The Morgan fingerprint density at radius 2 is 2.05 bits per heavy atom. The summed E-state index contributed by atoms with van der Waals surface area (Å²) in [5, 5.41) is 3.23. The summed E-state index contributed by atoms with van der Waals surface area (Å²) in [4.78, 5) is 13.2. The molecule has 0 radical (unpaired) electrons. The molecule has 0 spiro atoms. The molecule has 6 nitrogen and oxygen atoms in total. The van der Waals surface area contributed by atoms with Gasteiger partial charge in [0.25, 0.3) is 0 Å². The van der Waals surface area contributed by atoms with Gasteiger partial charge >= 0.3 is 5.97 Å². The molecule has 1 N–H and O–H groups in total. The topological polar surface area (TPSA) is 75.7 Å². The summed E-state index contributed by atoms with van der Waals surface area (Å²) in [7, 11) is -1.56. The number of halogens is 2. The number of hydrogen-bond acceptors (Lipinski definition) is 6. The van der Waals surface area contributed by atoms with E-state index in [1.807, 2.05) is 0 Å². The number of sulfone groups is 1. The van der Waals surface area contributed by atoms with E-state index >= 15 is 0 Å². The van der Waals surface area contributed by atoms with Crippen molar-refractivity contribution in [1.29, 1.82) is 0 Å². The second-order valence-electron chi connectivity index (χ2n) is 4.57. The molecule has 19 heavy (non-hydrogen) atoms. The predicted molar refractivity (Wildman–Crippen MR) is 76.9 cm³/mol. The smallest absolute Gasteiger partial charge is 0.306 e. The first-order valence-corrected chi connectivity index (χ1v) is 7.58. The maximum atomic E-state index is 11.6. The van der Waals surface area contributed by atoms with E-state index in [4.69, 9.17) is 0 Å². The monoisotopic (exact) mass is 334 g/mol. The van der Waals surface area contributed by atoms with Gasteiger partial charge in [-0.1, -0.05) is 0 Å². The quantitative estimate of drug-likeness (QED) is 0.699. The second kappa shape index (κ2) is 7.64. The lowest BCUT2D eigenvalue weighted by Crippen LogP contribution is -2.57. The van der Waals surface area contributed by atoms with E-state index in [9.17, 15) is 13.2 Å². The summed E-state index contributed by atoms with van der Waals surface area (Å²) in [5.74, 6) is 0.166. The maximum absolute atomic E-state index is 11.6. The van der Waals surface area contributed by atoms with Crippen LogP contribution in [0.2, 0.25) is 0 Å². The average molecular weight is 335 g/mol. The fourth-order valence-corrected chi connectivity index (χ4v) is 4.54. The molecule has 0 unspecified atom stereocenters. The zero-order valence-electron chi connectivity index (χ0n) is 10.7. The largest absolute Gasteiger partial charge is 0.469 e. The van der Waals surface area contributed by atoms with Gasteiger partial charge in [0.1, 0.15) is 0 Å². The highest BCUT2D eigenvalue weighted by Gasteiger charge is 2.42. The van der Waals surface area contributed by atoms with Crippen molar-refractivity contribution in [2.24, 2.45) is 0 Å². The van der Waals surface area contributed by atoms with Gasteiger partial charge in [-0.05, 0) is 0 Å². The number of ether oxygens (including phenoxy) is 1. The Morgan fingerprint density at radius 1 is 1.37 bits per heavy atom. The van der Waals surface area contributed by atoms with E-state index in [2.05, 4.69) is 15.0 Å². The Bertz CT molecular complexity index is 404. The Labute approximate surface area is 126 Å². The Hall–Kier alpha value is -0.0800. The van der Waals surface area contributed by atoms with E-state index in [0.29, 0.717) is 13.0 Å². The van der Waals surface area contributed by atoms with Crippen LogP contribution in [0.3, 0.4) is 0 Å². The molecule has 9 heteroatoms. The minimum absolute atomic E-state index is 0. The van der Waals surface area contributed by atoms with Crippen molar-refractivity contribution in [3.8, 4) is 0 Å². The lowest BCUT2D eigenvalue weighted by Gasteiger charge is -2.37. The van der Waals surface area contributed by atoms with Gasteiger partial charge < -0.3 is 10.1 Å². The zero-order chi connectivity index (χ0) is 12.5. The van der Waals surface area contributed by atoms with E-state index in [0.717, 1.165) is 13.1 Å². The van der Waals surface area contributed by atoms with Crippen LogP contribution in [0.5, 0.6) is 0 Å². The first kappa shape index (κ1) is 18.9. The Balaban J connectivity index is 0.00000162. The van der Waals surface area contributed by atoms with Gasteiger partial charge in [0, 0.05) is 31.7 Å². The van der Waals surface area contributed by atoms with Crippen molar-refractivity contribution in [2.75, 3.05) is 38.2 Å². The molecule has 2 atom stereocenters. The standard InChI is InChI=1S/C10H18N2O4S.2ClH/c1-16-10(13)2-4-12-5-3-11-8-6-17(14,15)7-9(8)12;;/h8-9,11H,2-7H2,1H3;2*1H/t8-,9+;;/m0../s1. The number of esters is 1. The van der Waals surface area contributed by atoms with Crippen LogP contribution in [0.15, 0.2) is 0 Å². The van der Waals surface area contributed by atoms with E-state index in [1.165, 1.54) is 7.11 Å². The molecule has 114 valence electrons. The number of nitrogens with one attached hydrogen (secondary N) is 1. The molecule has 2 aliphatic rings. The highest BCUT2D eigenvalue weighted by Crippen LogP contribution is 2.21. The van der Waals surface area contributed by atoms with Crippen LogP contribution < -0.4 is 5.32 Å². The van der Waals surface area contributed by atoms with Gasteiger partial charge in [-0.3, -0.25) is 9.69 Å². The van der Waals surface area contributed by atoms with E-state index < -0.39 is 9.84 Å². The second-order valence-corrected chi connectivity index (χ2v) is 6.72. The average Bonchev–Trinajstić information content (AvgIpc) is 2.60. The number of hydrogen-bond donors (Lipinski definition) is 1. The van der Waals surface area contributed by atoms with Crippen molar-refractivity contribution in [2.45, 2.75) is 18.5 Å². The summed E-state index contributed by atoms with van der Waals surface area (Å²) in [5.41, 5.74) is 0. The number of carbonyl (C=O) groups excluding carboxylic acids is 1. The Kier molecular flexibility index (Phi) is 7.60. The van der Waals surface area contributed by atoms with Gasteiger partial charge in [0.05, 0.1) is 25.0 Å². The number of piperazine rings is 1. The molecule has 0 saturated carbocycles. The molecule has 0 amide bonds. The van der Waals surface area contributed by atoms with Crippen LogP contribution in [-0.2, 0) is 19.4 Å². The highest BCUT2D eigenvalue weighted by atomic mass is 35.5. The molecule has 0 aromatic carbocycles. The molecule has 2 aliphatic heterocycles. The van der Waals surface area contributed by atoms with Crippen molar-refractivity contribution in [1.82, 2.24) is 10.2 Å². The van der Waals surface area contributed by atoms with E-state index in [-0.39, 0.29) is 54.4 Å². The number of nitrogens with zero attached hydrogens (tertiary/aromatic N) is 1. The summed E-state index contributed by atoms with van der Waals surface area (Å²) < 4.78 is 27.8. The van der Waals surface area contributed by atoms with Gasteiger partial charge in [-0.2, -0.15) is 0 Å². The van der Waals surface area contributed by atoms with Gasteiger partial charge in [0.2, 0.25) is 0 Å². The molecule has 0 aromatic rings. The van der Waals surface area contributed by atoms with Crippen LogP contribution in [0, 0.1) is 0 Å². The molecule has 0 aliphatic carbocycles. The lowest BCUT2D eigenvalue weighted by molar-refractivity contribution is -0.141. The van der Waals surface area contributed by atoms with Crippen molar-refractivity contribution in [3.63, 3.8) is 0 Å². The van der Waals surface area contributed by atoms with Gasteiger partial charge in [0.15, 0.2) is 9.84 Å². The van der Waals surface area contributed by atoms with Crippen LogP contribution in [0.1, 0.15) is 6.42 Å². The molecule has 0 bridgehead atoms. The van der Waals surface area contributed by atoms with E-state index in [1.54, 1.807) is 0 Å². The van der Waals surface area contributed by atoms with Crippen LogP contribution >= 0.6 is 24.8 Å². The number of methoxy groups -OCH3 is 1. The van der Waals surface area contributed by atoms with Crippen LogP contribution in [0.25, 0.3) is 0 Å². The third-order valence-electron chi connectivity index (χ3n) is 3.43. The minimum Gasteiger partial charge on any atom is -0.469 e. The molecular formula is C10H20Cl2N2O4S. The molecule has 2 fully saturated rings. The molecule has 2 saturated heterocycles. The lowest BCUT2D eigenvalue weighted by atomic mass is 10.1. The van der Waals surface area contributed by atoms with Crippen molar-refractivity contribution < 1.29 is 17.9 Å². The predicted octanol–water partition coefficient (Wildman–Crippen LogP) is -0.536. The number of fused-ring (bicyclic) bond motifs is 1. The first-order valence-electron chi connectivity index (χ1n) is 5.76. The molecular weight excluding hydrogens is 315 g/mol. The normalized spacial score (nSPS) is 28.7. The third kappa shape index (κ3) is 4.75. The molecule has 2 rings (SSSR count). The van der Waals surface area contributed by atoms with Crippen LogP contribution in [0.4, 0.5) is 0 Å². The summed E-state index contributed by atoms with van der Waals surface area (Å²) in [6, 6.07) is 0.0322. The SMILES string of the molecule is COC(=O)CCN1CCN[C@H]2CS(=O)(=O)C[C@H]21.Cl.Cl. The summed E-state index contributed by atoms with van der Waals surface area (Å²) >= 11 is 0.